The Bertz CT molecular complexity index is 493. The standard InChI is InChI=1S/C18H28N2O4/c1-4-5-12-24-13-6-11-20(14-15(2)18(22)23-3)17(21)16-7-9-19-10-8-16/h7-10,15H,4-6,11-14H2,1-3H3. The number of esters is 1. The molecule has 1 atom stereocenters. The third-order valence-electron chi connectivity index (χ3n) is 3.67. The highest BCUT2D eigenvalue weighted by Gasteiger charge is 2.22. The molecule has 0 saturated heterocycles. The average Bonchev–Trinajstić information content (AvgIpc) is 2.62. The van der Waals surface area contributed by atoms with Crippen LogP contribution in [0.4, 0.5) is 0 Å². The molecule has 0 aliphatic carbocycles. The summed E-state index contributed by atoms with van der Waals surface area (Å²) >= 11 is 0. The molecule has 0 aliphatic heterocycles. The molecule has 0 radical (unpaired) electrons. The number of nitrogens with zero attached hydrogens (tertiary/aromatic N) is 2. The molecule has 0 aromatic carbocycles. The first-order chi connectivity index (χ1) is 11.6. The average molecular weight is 336 g/mol. The van der Waals surface area contributed by atoms with Crippen LogP contribution in [0.25, 0.3) is 0 Å². The predicted octanol–water partition coefficient (Wildman–Crippen LogP) is 2.54. The fourth-order valence-corrected chi connectivity index (χ4v) is 2.27. The van der Waals surface area contributed by atoms with Crippen LogP contribution in [-0.4, -0.2) is 55.2 Å². The Hall–Kier alpha value is -1.95. The van der Waals surface area contributed by atoms with E-state index in [1.165, 1.54) is 7.11 Å². The van der Waals surface area contributed by atoms with E-state index >= 15 is 0 Å². The minimum Gasteiger partial charge on any atom is -0.469 e. The van der Waals surface area contributed by atoms with E-state index in [2.05, 4.69) is 11.9 Å². The highest BCUT2D eigenvalue weighted by molar-refractivity contribution is 5.94. The summed E-state index contributed by atoms with van der Waals surface area (Å²) in [4.78, 5) is 29.9. The lowest BCUT2D eigenvalue weighted by molar-refractivity contribution is -0.145. The van der Waals surface area contributed by atoms with Gasteiger partial charge in [-0.2, -0.15) is 0 Å². The van der Waals surface area contributed by atoms with E-state index in [9.17, 15) is 9.59 Å². The molecule has 1 rings (SSSR count). The van der Waals surface area contributed by atoms with Crippen molar-refractivity contribution in [2.45, 2.75) is 33.1 Å². The van der Waals surface area contributed by atoms with E-state index in [1.807, 2.05) is 0 Å². The topological polar surface area (TPSA) is 68.7 Å². The van der Waals surface area contributed by atoms with Gasteiger partial charge in [-0.25, -0.2) is 0 Å². The van der Waals surface area contributed by atoms with Gasteiger partial charge in [-0.05, 0) is 25.0 Å². The zero-order valence-electron chi connectivity index (χ0n) is 14.9. The second kappa shape index (κ2) is 11.6. The molecule has 0 N–H and O–H groups in total. The molecule has 1 aromatic heterocycles. The normalized spacial score (nSPS) is 11.8. The van der Waals surface area contributed by atoms with E-state index in [4.69, 9.17) is 9.47 Å². The van der Waals surface area contributed by atoms with Gasteiger partial charge in [0, 0.05) is 44.3 Å². The van der Waals surface area contributed by atoms with Crippen LogP contribution in [0.3, 0.4) is 0 Å². The number of hydrogen-bond donors (Lipinski definition) is 0. The quantitative estimate of drug-likeness (QED) is 0.459. The maximum Gasteiger partial charge on any atom is 0.310 e. The summed E-state index contributed by atoms with van der Waals surface area (Å²) in [5.74, 6) is -0.801. The van der Waals surface area contributed by atoms with Crippen molar-refractivity contribution in [2.75, 3.05) is 33.4 Å². The first kappa shape index (κ1) is 20.1. The molecule has 1 aromatic rings. The second-order valence-electron chi connectivity index (χ2n) is 5.73. The van der Waals surface area contributed by atoms with Gasteiger partial charge in [-0.3, -0.25) is 14.6 Å². The molecule has 0 bridgehead atoms. The molecule has 0 saturated carbocycles. The Balaban J connectivity index is 2.62. The van der Waals surface area contributed by atoms with Gasteiger partial charge < -0.3 is 14.4 Å². The lowest BCUT2D eigenvalue weighted by Gasteiger charge is -2.25. The van der Waals surface area contributed by atoms with Crippen molar-refractivity contribution >= 4 is 11.9 Å². The summed E-state index contributed by atoms with van der Waals surface area (Å²) in [5, 5.41) is 0. The number of rotatable bonds is 11. The van der Waals surface area contributed by atoms with Crippen molar-refractivity contribution in [2.24, 2.45) is 5.92 Å². The summed E-state index contributed by atoms with van der Waals surface area (Å²) in [6.45, 7) is 6.08. The van der Waals surface area contributed by atoms with E-state index in [1.54, 1.807) is 36.4 Å². The molecule has 6 heteroatoms. The van der Waals surface area contributed by atoms with Crippen molar-refractivity contribution in [1.29, 1.82) is 0 Å². The number of carbonyl (C=O) groups excluding carboxylic acids is 2. The van der Waals surface area contributed by atoms with Gasteiger partial charge in [-0.1, -0.05) is 20.3 Å². The largest absolute Gasteiger partial charge is 0.469 e. The molecule has 0 fully saturated rings. The first-order valence-electron chi connectivity index (χ1n) is 8.45. The van der Waals surface area contributed by atoms with Gasteiger partial charge in [0.25, 0.3) is 5.91 Å². The monoisotopic (exact) mass is 336 g/mol. The number of amides is 1. The van der Waals surface area contributed by atoms with Gasteiger partial charge in [-0.15, -0.1) is 0 Å². The number of pyridine rings is 1. The summed E-state index contributed by atoms with van der Waals surface area (Å²) in [7, 11) is 1.36. The zero-order valence-corrected chi connectivity index (χ0v) is 14.9. The van der Waals surface area contributed by atoms with E-state index in [-0.39, 0.29) is 17.8 Å². The Morgan fingerprint density at radius 2 is 1.88 bits per heavy atom. The molecule has 134 valence electrons. The van der Waals surface area contributed by atoms with Crippen LogP contribution in [0.5, 0.6) is 0 Å². The summed E-state index contributed by atoms with van der Waals surface area (Å²) in [5.41, 5.74) is 0.564. The van der Waals surface area contributed by atoms with Crippen molar-refractivity contribution in [3.63, 3.8) is 0 Å². The van der Waals surface area contributed by atoms with Gasteiger partial charge in [0.05, 0.1) is 13.0 Å². The number of aromatic nitrogens is 1. The summed E-state index contributed by atoms with van der Waals surface area (Å²) in [6.07, 6.45) is 6.04. The fourth-order valence-electron chi connectivity index (χ4n) is 2.27. The van der Waals surface area contributed by atoms with E-state index in [0.717, 1.165) is 25.9 Å². The van der Waals surface area contributed by atoms with Crippen LogP contribution in [-0.2, 0) is 14.3 Å². The molecule has 0 spiro atoms. The molecule has 0 aliphatic rings. The lowest BCUT2D eigenvalue weighted by Crippen LogP contribution is -2.38. The van der Waals surface area contributed by atoms with Crippen LogP contribution in [0.2, 0.25) is 0 Å². The lowest BCUT2D eigenvalue weighted by atomic mass is 10.1. The fraction of sp³-hybridized carbons (Fsp3) is 0.611. The van der Waals surface area contributed by atoms with Gasteiger partial charge in [0.15, 0.2) is 0 Å². The maximum absolute atomic E-state index is 12.7. The Morgan fingerprint density at radius 3 is 2.50 bits per heavy atom. The molecule has 1 amide bonds. The van der Waals surface area contributed by atoms with E-state index < -0.39 is 0 Å². The second-order valence-corrected chi connectivity index (χ2v) is 5.73. The van der Waals surface area contributed by atoms with Gasteiger partial charge in [0.1, 0.15) is 0 Å². The summed E-state index contributed by atoms with van der Waals surface area (Å²) < 4.78 is 10.3. The van der Waals surface area contributed by atoms with Crippen molar-refractivity contribution in [3.05, 3.63) is 30.1 Å². The Labute approximate surface area is 144 Å². The van der Waals surface area contributed by atoms with Crippen LogP contribution >= 0.6 is 0 Å². The minimum absolute atomic E-state index is 0.110. The zero-order chi connectivity index (χ0) is 17.8. The van der Waals surface area contributed by atoms with Crippen molar-refractivity contribution in [3.8, 4) is 0 Å². The molecular formula is C18H28N2O4. The number of hydrogen-bond acceptors (Lipinski definition) is 5. The summed E-state index contributed by atoms with van der Waals surface area (Å²) in [6, 6.07) is 3.35. The Morgan fingerprint density at radius 1 is 1.21 bits per heavy atom. The molecule has 6 nitrogen and oxygen atoms in total. The smallest absolute Gasteiger partial charge is 0.310 e. The van der Waals surface area contributed by atoms with E-state index in [0.29, 0.717) is 25.3 Å². The van der Waals surface area contributed by atoms with Crippen LogP contribution in [0.1, 0.15) is 43.5 Å². The molecule has 1 unspecified atom stereocenters. The number of carbonyl (C=O) groups is 2. The number of unbranched alkanes of at least 4 members (excludes halogenated alkanes) is 1. The predicted molar refractivity (Wildman–Crippen MR) is 91.7 cm³/mol. The Kier molecular flexibility index (Phi) is 9.68. The molecule has 24 heavy (non-hydrogen) atoms. The van der Waals surface area contributed by atoms with Crippen molar-refractivity contribution < 1.29 is 19.1 Å². The molecule has 1 heterocycles. The SMILES string of the molecule is CCCCOCCCN(CC(C)C(=O)OC)C(=O)c1ccncc1. The number of methoxy groups -OCH3 is 1. The van der Waals surface area contributed by atoms with Crippen molar-refractivity contribution in [1.82, 2.24) is 9.88 Å². The highest BCUT2D eigenvalue weighted by Crippen LogP contribution is 2.09. The van der Waals surface area contributed by atoms with Crippen LogP contribution < -0.4 is 0 Å². The highest BCUT2D eigenvalue weighted by atomic mass is 16.5. The molecular weight excluding hydrogens is 308 g/mol. The minimum atomic E-state index is -0.373. The first-order valence-corrected chi connectivity index (χ1v) is 8.45. The maximum atomic E-state index is 12.7. The van der Waals surface area contributed by atoms with Crippen LogP contribution in [0.15, 0.2) is 24.5 Å². The van der Waals surface area contributed by atoms with Gasteiger partial charge >= 0.3 is 5.97 Å². The third kappa shape index (κ3) is 7.08. The number of ether oxygens (including phenoxy) is 2. The third-order valence-corrected chi connectivity index (χ3v) is 3.67. The van der Waals surface area contributed by atoms with Gasteiger partial charge in [0.2, 0.25) is 0 Å². The van der Waals surface area contributed by atoms with Crippen LogP contribution in [0, 0.1) is 5.92 Å².